The van der Waals surface area contributed by atoms with E-state index in [-0.39, 0.29) is 17.2 Å². The maximum absolute atomic E-state index is 12.6. The van der Waals surface area contributed by atoms with Gasteiger partial charge >= 0.3 is 0 Å². The summed E-state index contributed by atoms with van der Waals surface area (Å²) in [4.78, 5) is 26.3. The lowest BCUT2D eigenvalue weighted by Gasteiger charge is -2.22. The molecule has 1 fully saturated rings. The highest BCUT2D eigenvalue weighted by molar-refractivity contribution is 5.94. The van der Waals surface area contributed by atoms with Crippen molar-refractivity contribution in [2.45, 2.75) is 40.7 Å². The molecule has 1 aliphatic rings. The van der Waals surface area contributed by atoms with Gasteiger partial charge in [-0.1, -0.05) is 39.8 Å². The Morgan fingerprint density at radius 1 is 1.25 bits per heavy atom. The first-order valence-electron chi connectivity index (χ1n) is 8.51. The Morgan fingerprint density at radius 2 is 1.88 bits per heavy atom. The molecule has 0 radical (unpaired) electrons. The number of nitrogens with zero attached hydrogens (tertiary/aromatic N) is 1. The van der Waals surface area contributed by atoms with Crippen molar-refractivity contribution in [2.24, 2.45) is 16.6 Å². The molecule has 1 atom stereocenters. The summed E-state index contributed by atoms with van der Waals surface area (Å²) in [6, 6.07) is 7.46. The van der Waals surface area contributed by atoms with E-state index in [1.807, 2.05) is 49.9 Å². The standard InChI is InChI=1S/C19H29N3O2/c1-18(2,3)17(24)21-11-14-5-7-15(8-6-14)16(23)22-10-9-19(4,12-20)13-22/h5-8H,9-13,20H2,1-4H3,(H,21,24). The summed E-state index contributed by atoms with van der Waals surface area (Å²) in [7, 11) is 0. The van der Waals surface area contributed by atoms with Crippen LogP contribution in [0.2, 0.25) is 0 Å². The van der Waals surface area contributed by atoms with E-state index < -0.39 is 5.41 Å². The highest BCUT2D eigenvalue weighted by Gasteiger charge is 2.35. The molecule has 5 nitrogen and oxygen atoms in total. The number of amides is 2. The molecule has 1 unspecified atom stereocenters. The molecule has 1 aromatic carbocycles. The van der Waals surface area contributed by atoms with E-state index in [1.165, 1.54) is 0 Å². The molecule has 3 N–H and O–H groups in total. The van der Waals surface area contributed by atoms with Crippen molar-refractivity contribution in [2.75, 3.05) is 19.6 Å². The number of benzene rings is 1. The number of nitrogens with two attached hydrogens (primary N) is 1. The minimum atomic E-state index is -0.401. The van der Waals surface area contributed by atoms with Gasteiger partial charge in [-0.15, -0.1) is 0 Å². The summed E-state index contributed by atoms with van der Waals surface area (Å²) in [5.74, 6) is 0.0678. The molecule has 0 spiro atoms. The van der Waals surface area contributed by atoms with Crippen LogP contribution in [0.1, 0.15) is 50.0 Å². The van der Waals surface area contributed by atoms with Gasteiger partial charge in [0.2, 0.25) is 5.91 Å². The van der Waals surface area contributed by atoms with Crippen molar-refractivity contribution in [3.8, 4) is 0 Å². The lowest BCUT2D eigenvalue weighted by atomic mass is 9.90. The van der Waals surface area contributed by atoms with Crippen molar-refractivity contribution < 1.29 is 9.59 Å². The third-order valence-electron chi connectivity index (χ3n) is 4.67. The van der Waals surface area contributed by atoms with E-state index in [0.29, 0.717) is 25.2 Å². The second-order valence-corrected chi connectivity index (χ2v) is 8.12. The summed E-state index contributed by atoms with van der Waals surface area (Å²) in [6.45, 7) is 10.3. The van der Waals surface area contributed by atoms with Gasteiger partial charge in [0.25, 0.3) is 5.91 Å². The third-order valence-corrected chi connectivity index (χ3v) is 4.67. The molecule has 1 aromatic rings. The molecular weight excluding hydrogens is 302 g/mol. The second kappa shape index (κ2) is 6.93. The predicted molar refractivity (Wildman–Crippen MR) is 95.4 cm³/mol. The van der Waals surface area contributed by atoms with Crippen LogP contribution in [-0.4, -0.2) is 36.3 Å². The lowest BCUT2D eigenvalue weighted by Crippen LogP contribution is -2.34. The van der Waals surface area contributed by atoms with Crippen LogP contribution in [0.4, 0.5) is 0 Å². The van der Waals surface area contributed by atoms with Gasteiger partial charge in [0.05, 0.1) is 0 Å². The highest BCUT2D eigenvalue weighted by Crippen LogP contribution is 2.29. The second-order valence-electron chi connectivity index (χ2n) is 8.12. The fourth-order valence-electron chi connectivity index (χ4n) is 2.76. The average molecular weight is 331 g/mol. The van der Waals surface area contributed by atoms with Gasteiger partial charge in [0.15, 0.2) is 0 Å². The molecule has 1 heterocycles. The third kappa shape index (κ3) is 4.35. The number of rotatable bonds is 4. The van der Waals surface area contributed by atoms with Crippen LogP contribution in [0.15, 0.2) is 24.3 Å². The first kappa shape index (κ1) is 18.5. The number of carbonyl (C=O) groups excluding carboxylic acids is 2. The van der Waals surface area contributed by atoms with E-state index in [9.17, 15) is 9.59 Å². The summed E-state index contributed by atoms with van der Waals surface area (Å²) in [5.41, 5.74) is 7.10. The van der Waals surface area contributed by atoms with Crippen molar-refractivity contribution >= 4 is 11.8 Å². The van der Waals surface area contributed by atoms with Crippen molar-refractivity contribution in [1.82, 2.24) is 10.2 Å². The Kier molecular flexibility index (Phi) is 5.33. The van der Waals surface area contributed by atoms with E-state index in [4.69, 9.17) is 5.73 Å². The Morgan fingerprint density at radius 3 is 2.38 bits per heavy atom. The van der Waals surface area contributed by atoms with E-state index in [1.54, 1.807) is 0 Å². The molecule has 132 valence electrons. The van der Waals surface area contributed by atoms with E-state index >= 15 is 0 Å². The van der Waals surface area contributed by atoms with Crippen LogP contribution in [0.3, 0.4) is 0 Å². The van der Waals surface area contributed by atoms with Crippen LogP contribution < -0.4 is 11.1 Å². The van der Waals surface area contributed by atoms with Gasteiger partial charge in [0.1, 0.15) is 0 Å². The number of hydrogen-bond acceptors (Lipinski definition) is 3. The van der Waals surface area contributed by atoms with Crippen molar-refractivity contribution in [1.29, 1.82) is 0 Å². The number of likely N-dealkylation sites (tertiary alicyclic amines) is 1. The maximum atomic E-state index is 12.6. The van der Waals surface area contributed by atoms with Gasteiger partial charge in [-0.2, -0.15) is 0 Å². The smallest absolute Gasteiger partial charge is 0.253 e. The highest BCUT2D eigenvalue weighted by atomic mass is 16.2. The Hall–Kier alpha value is -1.88. The minimum Gasteiger partial charge on any atom is -0.352 e. The van der Waals surface area contributed by atoms with E-state index in [2.05, 4.69) is 12.2 Å². The molecule has 2 rings (SSSR count). The first-order valence-corrected chi connectivity index (χ1v) is 8.51. The molecule has 0 saturated carbocycles. The van der Waals surface area contributed by atoms with Crippen LogP contribution in [0, 0.1) is 10.8 Å². The van der Waals surface area contributed by atoms with Gasteiger partial charge in [-0.3, -0.25) is 9.59 Å². The maximum Gasteiger partial charge on any atom is 0.253 e. The number of carbonyl (C=O) groups is 2. The van der Waals surface area contributed by atoms with E-state index in [0.717, 1.165) is 18.5 Å². The number of hydrogen-bond donors (Lipinski definition) is 2. The Labute approximate surface area is 144 Å². The summed E-state index contributed by atoms with van der Waals surface area (Å²) >= 11 is 0. The summed E-state index contributed by atoms with van der Waals surface area (Å²) in [6.07, 6.45) is 0.951. The molecule has 24 heavy (non-hydrogen) atoms. The monoisotopic (exact) mass is 331 g/mol. The largest absolute Gasteiger partial charge is 0.352 e. The van der Waals surface area contributed by atoms with Crippen molar-refractivity contribution in [3.05, 3.63) is 35.4 Å². The Balaban J connectivity index is 1.95. The van der Waals surface area contributed by atoms with Gasteiger partial charge in [-0.25, -0.2) is 0 Å². The fourth-order valence-corrected chi connectivity index (χ4v) is 2.76. The molecule has 0 aromatic heterocycles. The van der Waals surface area contributed by atoms with Crippen LogP contribution >= 0.6 is 0 Å². The predicted octanol–water partition coefficient (Wildman–Crippen LogP) is 2.16. The molecule has 2 amide bonds. The zero-order valence-electron chi connectivity index (χ0n) is 15.2. The van der Waals surface area contributed by atoms with Crippen LogP contribution in [0.5, 0.6) is 0 Å². The zero-order valence-corrected chi connectivity index (χ0v) is 15.2. The average Bonchev–Trinajstić information content (AvgIpc) is 2.94. The topological polar surface area (TPSA) is 75.4 Å². The van der Waals surface area contributed by atoms with Gasteiger partial charge < -0.3 is 16.0 Å². The quantitative estimate of drug-likeness (QED) is 0.888. The molecule has 1 saturated heterocycles. The molecule has 0 aliphatic carbocycles. The number of nitrogens with one attached hydrogen (secondary N) is 1. The molecular formula is C19H29N3O2. The van der Waals surface area contributed by atoms with Crippen LogP contribution in [0.25, 0.3) is 0 Å². The van der Waals surface area contributed by atoms with Crippen LogP contribution in [-0.2, 0) is 11.3 Å². The summed E-state index contributed by atoms with van der Waals surface area (Å²) < 4.78 is 0. The van der Waals surface area contributed by atoms with Gasteiger partial charge in [-0.05, 0) is 36.1 Å². The lowest BCUT2D eigenvalue weighted by molar-refractivity contribution is -0.128. The normalized spacial score (nSPS) is 21.0. The first-order chi connectivity index (χ1) is 11.1. The SMILES string of the molecule is CC1(CN)CCN(C(=O)c2ccc(CNC(=O)C(C)(C)C)cc2)C1. The molecule has 0 bridgehead atoms. The summed E-state index contributed by atoms with van der Waals surface area (Å²) in [5, 5.41) is 2.91. The van der Waals surface area contributed by atoms with Gasteiger partial charge in [0, 0.05) is 30.6 Å². The van der Waals surface area contributed by atoms with Crippen molar-refractivity contribution in [3.63, 3.8) is 0 Å². The fraction of sp³-hybridized carbons (Fsp3) is 0.579. The minimum absolute atomic E-state index is 0.0146. The molecule has 1 aliphatic heterocycles. The molecule has 5 heteroatoms. The Bertz CT molecular complexity index is 604. The zero-order chi connectivity index (χ0) is 18.0.